The number of anilines is 6. The summed E-state index contributed by atoms with van der Waals surface area (Å²) in [6, 6.07) is 45.3. The van der Waals surface area contributed by atoms with Crippen molar-refractivity contribution in [3.05, 3.63) is 186 Å². The number of benzene rings is 5. The van der Waals surface area contributed by atoms with Gasteiger partial charge in [0.2, 0.25) is 0 Å². The van der Waals surface area contributed by atoms with E-state index in [2.05, 4.69) is 104 Å². The highest BCUT2D eigenvalue weighted by atomic mass is 16.6. The van der Waals surface area contributed by atoms with E-state index in [1.165, 1.54) is 5.56 Å². The zero-order valence-electron chi connectivity index (χ0n) is 63.7. The molecule has 11 aromatic rings. The third-order valence-corrected chi connectivity index (χ3v) is 18.9. The number of amides is 2. The standard InChI is InChI=1S/C31H39N7O3.C24H33N7O3.C18H23N7.C7H6O/c1-30(2,3)41-29(39)35-31(4)15-17-37(18-16-31)25-20-32-26-27(33-19-22-9-7-6-8-10-22)36-38(28(26)34-25)21-23-11-13-24(40-5)14-12-23;1-23(2,3)34-22(32)28-24(4)10-12-30(13-11-24)18-14-26-19-20(25)29-31(21(19)27-18)15-16-6-8-17(33-5)9-7-16;1-18(19)7-9-25(10-8-18)14-12-20-15-16(23-24-17(15)22-14)21-11-13-5-3-2-4-6-13;8-6-7-4-2-1-3-5-7/h6-14,20H,15-19,21H2,1-5H3,(H,33,36)(H,35,39);6-9,14H,10-13,15H2,1-5H3,(H2,25,29)(H,28,32);2-6,12H,7-11,19H2,1H3,(H2,21,22,23,24);1-6H. The second kappa shape index (κ2) is 34.3. The van der Waals surface area contributed by atoms with Crippen LogP contribution in [0, 0.1) is 0 Å². The van der Waals surface area contributed by atoms with Crippen LogP contribution in [0.2, 0.25) is 0 Å². The van der Waals surface area contributed by atoms with Crippen LogP contribution in [-0.2, 0) is 35.7 Å². The molecule has 2 amide bonds. The van der Waals surface area contributed by atoms with Crippen molar-refractivity contribution in [2.45, 2.75) is 155 Å². The van der Waals surface area contributed by atoms with Crippen LogP contribution in [-0.4, -0.2) is 159 Å². The number of nitrogens with two attached hydrogens (primary N) is 2. The first-order valence-corrected chi connectivity index (χ1v) is 36.5. The number of ether oxygens (including phenoxy) is 4. The lowest BCUT2D eigenvalue weighted by Crippen LogP contribution is -2.54. The molecule has 14 rings (SSSR count). The molecule has 3 fully saturated rings. The Morgan fingerprint density at radius 1 is 0.509 bits per heavy atom. The zero-order chi connectivity index (χ0) is 76.6. The van der Waals surface area contributed by atoms with Gasteiger partial charge in [0.1, 0.15) is 46.4 Å². The van der Waals surface area contributed by atoms with Gasteiger partial charge in [0, 0.05) is 74.5 Å². The molecule has 9 heterocycles. The van der Waals surface area contributed by atoms with Gasteiger partial charge >= 0.3 is 12.2 Å². The van der Waals surface area contributed by atoms with E-state index in [0.29, 0.717) is 60.3 Å². The molecular weight excluding hydrogens is 1370 g/mol. The number of alkyl carbamates (subject to hydrolysis) is 2. The molecule has 0 unspecified atom stereocenters. The normalized spacial score (nSPS) is 15.2. The number of aldehydes is 1. The quantitative estimate of drug-likeness (QED) is 0.0392. The number of hydrogen-bond donors (Lipinski definition) is 7. The van der Waals surface area contributed by atoms with Crippen molar-refractivity contribution in [1.82, 2.24) is 70.3 Å². The Morgan fingerprint density at radius 3 is 1.34 bits per heavy atom. The van der Waals surface area contributed by atoms with Crippen LogP contribution < -0.4 is 56.9 Å². The Kier molecular flexibility index (Phi) is 24.6. The minimum atomic E-state index is -0.532. The maximum atomic E-state index is 12.4. The maximum absolute atomic E-state index is 12.4. The summed E-state index contributed by atoms with van der Waals surface area (Å²) in [5.41, 5.74) is 19.9. The predicted octanol–water partition coefficient (Wildman–Crippen LogP) is 12.5. The lowest BCUT2D eigenvalue weighted by molar-refractivity contribution is 0.0435. The molecule has 568 valence electrons. The molecule has 0 saturated carbocycles. The fraction of sp³-hybridized carbons (Fsp3) is 0.400. The number of aromatic amines is 1. The molecule has 9 N–H and O–H groups in total. The van der Waals surface area contributed by atoms with E-state index >= 15 is 0 Å². The first-order chi connectivity index (χ1) is 51.7. The molecule has 3 saturated heterocycles. The van der Waals surface area contributed by atoms with E-state index in [0.717, 1.165) is 152 Å². The van der Waals surface area contributed by atoms with Gasteiger partial charge in [-0.2, -0.15) is 15.3 Å². The smallest absolute Gasteiger partial charge is 0.408 e. The fourth-order valence-corrected chi connectivity index (χ4v) is 12.6. The Balaban J connectivity index is 0.000000156. The van der Waals surface area contributed by atoms with E-state index < -0.39 is 11.2 Å². The number of nitrogens with zero attached hydrogens (tertiary/aromatic N) is 14. The highest BCUT2D eigenvalue weighted by Gasteiger charge is 2.36. The van der Waals surface area contributed by atoms with Crippen molar-refractivity contribution in [2.75, 3.05) is 84.6 Å². The molecule has 28 nitrogen and oxygen atoms in total. The molecule has 0 bridgehead atoms. The summed E-state index contributed by atoms with van der Waals surface area (Å²) in [5, 5.41) is 29.5. The summed E-state index contributed by atoms with van der Waals surface area (Å²) in [7, 11) is 3.30. The van der Waals surface area contributed by atoms with Crippen molar-refractivity contribution >= 4 is 86.9 Å². The number of fused-ring (bicyclic) bond motifs is 3. The Bertz CT molecular complexity index is 4750. The van der Waals surface area contributed by atoms with Crippen LogP contribution in [0.4, 0.5) is 44.5 Å². The summed E-state index contributed by atoms with van der Waals surface area (Å²) >= 11 is 0. The van der Waals surface area contributed by atoms with Crippen LogP contribution in [0.15, 0.2) is 158 Å². The third kappa shape index (κ3) is 21.3. The number of rotatable bonds is 18. The van der Waals surface area contributed by atoms with Crippen molar-refractivity contribution < 1.29 is 33.3 Å². The molecule has 108 heavy (non-hydrogen) atoms. The topological polar surface area (TPSA) is 340 Å². The minimum Gasteiger partial charge on any atom is -0.497 e. The summed E-state index contributed by atoms with van der Waals surface area (Å²) in [4.78, 5) is 69.8. The van der Waals surface area contributed by atoms with E-state index in [9.17, 15) is 14.4 Å². The third-order valence-electron chi connectivity index (χ3n) is 18.9. The Morgan fingerprint density at radius 2 is 0.907 bits per heavy atom. The van der Waals surface area contributed by atoms with Gasteiger partial charge in [-0.25, -0.2) is 48.9 Å². The van der Waals surface area contributed by atoms with Gasteiger partial charge in [-0.1, -0.05) is 115 Å². The Hall–Kier alpha value is -11.7. The van der Waals surface area contributed by atoms with Crippen molar-refractivity contribution in [1.29, 1.82) is 0 Å². The lowest BCUT2D eigenvalue weighted by Gasteiger charge is -2.40. The van der Waals surface area contributed by atoms with E-state index in [1.54, 1.807) is 37.2 Å². The second-order valence-electron chi connectivity index (χ2n) is 30.2. The Labute approximate surface area is 630 Å². The average molecular weight is 1470 g/mol. The first kappa shape index (κ1) is 77.4. The van der Waals surface area contributed by atoms with Gasteiger partial charge in [-0.05, 0) is 147 Å². The number of methoxy groups -OCH3 is 2. The van der Waals surface area contributed by atoms with Gasteiger partial charge in [0.15, 0.2) is 50.9 Å². The zero-order valence-corrected chi connectivity index (χ0v) is 63.7. The fourth-order valence-electron chi connectivity index (χ4n) is 12.6. The number of aromatic nitrogens is 12. The van der Waals surface area contributed by atoms with E-state index in [-0.39, 0.29) is 28.8 Å². The molecule has 0 aliphatic carbocycles. The summed E-state index contributed by atoms with van der Waals surface area (Å²) in [6.45, 7) is 24.5. The van der Waals surface area contributed by atoms with Crippen molar-refractivity contribution in [2.24, 2.45) is 5.73 Å². The summed E-state index contributed by atoms with van der Waals surface area (Å²) < 4.78 is 25.1. The number of carbonyl (C=O) groups excluding carboxylic acids is 3. The predicted molar refractivity (Wildman–Crippen MR) is 423 cm³/mol. The SMILES string of the molecule is CC1(N)CCN(c2cnc3c(NCc4ccccc4)n[nH]c3n2)CC1.COc1ccc(Cn2nc(N)c3ncc(N4CCC(C)(NC(=O)OC(C)(C)C)CC4)nc32)cc1.COc1ccc(Cn2nc(NCc3ccccc3)c3ncc(N4CCC(C)(NC(=O)OC(C)(C)C)CC4)nc32)cc1.O=Cc1ccccc1. The number of H-pyrrole nitrogens is 1. The first-order valence-electron chi connectivity index (χ1n) is 36.5. The maximum Gasteiger partial charge on any atom is 0.408 e. The molecule has 6 aromatic heterocycles. The average Bonchev–Trinajstić information content (AvgIpc) is 1.62. The second-order valence-corrected chi connectivity index (χ2v) is 30.2. The molecule has 28 heteroatoms. The molecule has 0 radical (unpaired) electrons. The van der Waals surface area contributed by atoms with Gasteiger partial charge in [-0.15, -0.1) is 0 Å². The summed E-state index contributed by atoms with van der Waals surface area (Å²) in [5.74, 6) is 5.83. The highest BCUT2D eigenvalue weighted by Crippen LogP contribution is 2.32. The largest absolute Gasteiger partial charge is 0.497 e. The van der Waals surface area contributed by atoms with Crippen molar-refractivity contribution in [3.8, 4) is 11.5 Å². The van der Waals surface area contributed by atoms with Crippen LogP contribution in [0.3, 0.4) is 0 Å². The van der Waals surface area contributed by atoms with Gasteiger partial charge < -0.3 is 66.4 Å². The molecule has 3 aliphatic heterocycles. The molecule has 0 spiro atoms. The molecular formula is C80H101N21O7. The van der Waals surface area contributed by atoms with Gasteiger partial charge in [0.25, 0.3) is 0 Å². The lowest BCUT2D eigenvalue weighted by atomic mass is 9.90. The van der Waals surface area contributed by atoms with Crippen LogP contribution >= 0.6 is 0 Å². The number of nitrogen functional groups attached to an aromatic ring is 1. The number of hydrogen-bond acceptors (Lipinski definition) is 23. The van der Waals surface area contributed by atoms with Gasteiger partial charge in [0.05, 0.1) is 45.9 Å². The molecule has 0 atom stereocenters. The summed E-state index contributed by atoms with van der Waals surface area (Å²) in [6.07, 6.45) is 10.4. The number of nitrogens with one attached hydrogen (secondary N) is 5. The minimum absolute atomic E-state index is 0.0729. The van der Waals surface area contributed by atoms with E-state index in [1.807, 2.05) is 169 Å². The number of carbonyl (C=O) groups is 3. The monoisotopic (exact) mass is 1470 g/mol. The van der Waals surface area contributed by atoms with Crippen LogP contribution in [0.1, 0.15) is 133 Å². The molecule has 3 aliphatic rings. The number of piperidine rings is 3. The van der Waals surface area contributed by atoms with Crippen LogP contribution in [0.5, 0.6) is 11.5 Å². The van der Waals surface area contributed by atoms with Crippen LogP contribution in [0.25, 0.3) is 33.5 Å². The molecule has 5 aromatic carbocycles. The van der Waals surface area contributed by atoms with Gasteiger partial charge in [-0.3, -0.25) is 9.89 Å². The highest BCUT2D eigenvalue weighted by molar-refractivity contribution is 5.86. The van der Waals surface area contributed by atoms with Crippen molar-refractivity contribution in [3.63, 3.8) is 0 Å². The van der Waals surface area contributed by atoms with E-state index in [4.69, 9.17) is 50.5 Å².